The number of nitrogens with zero attached hydrogens (tertiary/aromatic N) is 2. The van der Waals surface area contributed by atoms with Crippen LogP contribution >= 0.6 is 0 Å². The zero-order valence-electron chi connectivity index (χ0n) is 15.4. The molecule has 1 aromatic heterocycles. The van der Waals surface area contributed by atoms with Crippen molar-refractivity contribution in [2.45, 2.75) is 26.3 Å². The number of amides is 1. The van der Waals surface area contributed by atoms with E-state index >= 15 is 0 Å². The Morgan fingerprint density at radius 3 is 2.59 bits per heavy atom. The molecule has 1 amide bonds. The molecule has 136 valence electrons. The van der Waals surface area contributed by atoms with Gasteiger partial charge in [0.2, 0.25) is 0 Å². The van der Waals surface area contributed by atoms with Crippen LogP contribution in [0.1, 0.15) is 39.5 Å². The van der Waals surface area contributed by atoms with Gasteiger partial charge < -0.3 is 10.1 Å². The number of aryl methyl sites for hydroxylation is 2. The van der Waals surface area contributed by atoms with E-state index in [2.05, 4.69) is 34.3 Å². The molecule has 2 aromatic carbocycles. The van der Waals surface area contributed by atoms with Crippen LogP contribution < -0.4 is 10.1 Å². The summed E-state index contributed by atoms with van der Waals surface area (Å²) >= 11 is 0. The largest absolute Gasteiger partial charge is 0.493 e. The number of carbonyl (C=O) groups is 1. The van der Waals surface area contributed by atoms with Gasteiger partial charge in [0.15, 0.2) is 5.82 Å². The second kappa shape index (κ2) is 7.19. The van der Waals surface area contributed by atoms with Crippen LogP contribution in [0.4, 0.5) is 0 Å². The predicted molar refractivity (Wildman–Crippen MR) is 104 cm³/mol. The molecule has 5 nitrogen and oxygen atoms in total. The molecule has 0 saturated carbocycles. The highest BCUT2D eigenvalue weighted by Crippen LogP contribution is 2.35. The smallest absolute Gasteiger partial charge is 0.254 e. The monoisotopic (exact) mass is 359 g/mol. The van der Waals surface area contributed by atoms with Gasteiger partial charge in [-0.1, -0.05) is 48.0 Å². The number of aromatic nitrogens is 2. The van der Waals surface area contributed by atoms with Crippen molar-refractivity contribution in [2.24, 2.45) is 0 Å². The Kier molecular flexibility index (Phi) is 4.59. The molecule has 1 atom stereocenters. The molecule has 1 unspecified atom stereocenters. The highest BCUT2D eigenvalue weighted by atomic mass is 16.5. The van der Waals surface area contributed by atoms with Gasteiger partial charge in [-0.2, -0.15) is 0 Å². The number of benzene rings is 2. The summed E-state index contributed by atoms with van der Waals surface area (Å²) < 4.78 is 5.82. The van der Waals surface area contributed by atoms with Gasteiger partial charge in [-0.3, -0.25) is 4.79 Å². The summed E-state index contributed by atoms with van der Waals surface area (Å²) in [5, 5.41) is 3.11. The van der Waals surface area contributed by atoms with Crippen LogP contribution in [-0.2, 0) is 0 Å². The topological polar surface area (TPSA) is 64.1 Å². The standard InChI is InChI=1S/C22H21N3O2/c1-14-10-15(2)20-18(11-14)19(8-9-27-20)25-22(26)17-12-23-21(24-13-17)16-6-4-3-5-7-16/h3-7,10-13,19H,8-9H2,1-2H3,(H,25,26). The van der Waals surface area contributed by atoms with Gasteiger partial charge in [-0.15, -0.1) is 0 Å². The number of hydrogen-bond donors (Lipinski definition) is 1. The van der Waals surface area contributed by atoms with Crippen LogP contribution in [0.2, 0.25) is 0 Å². The van der Waals surface area contributed by atoms with Gasteiger partial charge in [0, 0.05) is 29.9 Å². The maximum atomic E-state index is 12.7. The summed E-state index contributed by atoms with van der Waals surface area (Å²) in [6.07, 6.45) is 3.89. The molecule has 27 heavy (non-hydrogen) atoms. The van der Waals surface area contributed by atoms with Crippen LogP contribution in [0.25, 0.3) is 11.4 Å². The minimum Gasteiger partial charge on any atom is -0.493 e. The van der Waals surface area contributed by atoms with Crippen molar-refractivity contribution >= 4 is 5.91 Å². The summed E-state index contributed by atoms with van der Waals surface area (Å²) in [5.41, 5.74) is 4.67. The quantitative estimate of drug-likeness (QED) is 0.767. The molecule has 0 saturated heterocycles. The molecule has 0 bridgehead atoms. The van der Waals surface area contributed by atoms with Crippen molar-refractivity contribution in [3.8, 4) is 17.1 Å². The highest BCUT2D eigenvalue weighted by molar-refractivity contribution is 5.94. The zero-order chi connectivity index (χ0) is 18.8. The number of carbonyl (C=O) groups excluding carboxylic acids is 1. The van der Waals surface area contributed by atoms with Gasteiger partial charge in [-0.25, -0.2) is 9.97 Å². The molecule has 0 radical (unpaired) electrons. The molecule has 3 aromatic rings. The molecule has 0 fully saturated rings. The van der Waals surface area contributed by atoms with E-state index in [-0.39, 0.29) is 11.9 Å². The maximum absolute atomic E-state index is 12.7. The fourth-order valence-electron chi connectivity index (χ4n) is 3.45. The van der Waals surface area contributed by atoms with E-state index in [9.17, 15) is 4.79 Å². The first kappa shape index (κ1) is 17.2. The Balaban J connectivity index is 1.54. The number of ether oxygens (including phenoxy) is 1. The molecule has 2 heterocycles. The van der Waals surface area contributed by atoms with Crippen molar-refractivity contribution in [3.05, 3.63) is 77.1 Å². The Labute approximate surface area is 158 Å². The normalized spacial score (nSPS) is 15.6. The average molecular weight is 359 g/mol. The summed E-state index contributed by atoms with van der Waals surface area (Å²) in [6.45, 7) is 4.67. The Morgan fingerprint density at radius 2 is 1.85 bits per heavy atom. The van der Waals surface area contributed by atoms with Gasteiger partial charge in [0.1, 0.15) is 5.75 Å². The van der Waals surface area contributed by atoms with Gasteiger partial charge in [0.25, 0.3) is 5.91 Å². The van der Waals surface area contributed by atoms with Crippen LogP contribution in [0, 0.1) is 13.8 Å². The number of fused-ring (bicyclic) bond motifs is 1. The first-order valence-corrected chi connectivity index (χ1v) is 9.04. The minimum absolute atomic E-state index is 0.0753. The Morgan fingerprint density at radius 1 is 1.11 bits per heavy atom. The first-order valence-electron chi connectivity index (χ1n) is 9.04. The van der Waals surface area contributed by atoms with Gasteiger partial charge in [-0.05, 0) is 19.4 Å². The lowest BCUT2D eigenvalue weighted by molar-refractivity contribution is 0.0924. The van der Waals surface area contributed by atoms with Crippen molar-refractivity contribution in [1.29, 1.82) is 0 Å². The van der Waals surface area contributed by atoms with E-state index in [1.54, 1.807) is 12.4 Å². The molecular formula is C22H21N3O2. The zero-order valence-corrected chi connectivity index (χ0v) is 15.4. The van der Waals surface area contributed by atoms with E-state index in [1.165, 1.54) is 0 Å². The van der Waals surface area contributed by atoms with E-state index in [1.807, 2.05) is 37.3 Å². The lowest BCUT2D eigenvalue weighted by atomic mass is 9.95. The fraction of sp³-hybridized carbons (Fsp3) is 0.227. The number of nitrogens with one attached hydrogen (secondary N) is 1. The molecule has 1 N–H and O–H groups in total. The summed E-state index contributed by atoms with van der Waals surface area (Å²) in [6, 6.07) is 13.8. The van der Waals surface area contributed by atoms with Crippen molar-refractivity contribution in [3.63, 3.8) is 0 Å². The SMILES string of the molecule is Cc1cc(C)c2c(c1)C(NC(=O)c1cnc(-c3ccccc3)nc1)CCO2. The van der Waals surface area contributed by atoms with Crippen LogP contribution in [0.3, 0.4) is 0 Å². The van der Waals surface area contributed by atoms with Crippen LogP contribution in [0.5, 0.6) is 5.75 Å². The lowest BCUT2D eigenvalue weighted by Gasteiger charge is -2.28. The second-order valence-corrected chi connectivity index (χ2v) is 6.82. The van der Waals surface area contributed by atoms with E-state index in [4.69, 9.17) is 4.74 Å². The third kappa shape index (κ3) is 3.53. The van der Waals surface area contributed by atoms with Gasteiger partial charge >= 0.3 is 0 Å². The van der Waals surface area contributed by atoms with Crippen molar-refractivity contribution < 1.29 is 9.53 Å². The maximum Gasteiger partial charge on any atom is 0.254 e. The average Bonchev–Trinajstić information content (AvgIpc) is 2.69. The molecular weight excluding hydrogens is 338 g/mol. The van der Waals surface area contributed by atoms with E-state index in [0.717, 1.165) is 34.4 Å². The minimum atomic E-state index is -0.174. The number of rotatable bonds is 3. The third-order valence-corrected chi connectivity index (χ3v) is 4.73. The van der Waals surface area contributed by atoms with Crippen molar-refractivity contribution in [1.82, 2.24) is 15.3 Å². The highest BCUT2D eigenvalue weighted by Gasteiger charge is 2.25. The molecule has 1 aliphatic heterocycles. The van der Waals surface area contributed by atoms with Crippen LogP contribution in [-0.4, -0.2) is 22.5 Å². The summed E-state index contributed by atoms with van der Waals surface area (Å²) in [5.74, 6) is 1.31. The predicted octanol–water partition coefficient (Wildman–Crippen LogP) is 4.01. The van der Waals surface area contributed by atoms with Crippen molar-refractivity contribution in [2.75, 3.05) is 6.61 Å². The molecule has 0 aliphatic carbocycles. The summed E-state index contributed by atoms with van der Waals surface area (Å²) in [4.78, 5) is 21.4. The van der Waals surface area contributed by atoms with Crippen LogP contribution in [0.15, 0.2) is 54.9 Å². The fourth-order valence-corrected chi connectivity index (χ4v) is 3.45. The number of hydrogen-bond acceptors (Lipinski definition) is 4. The lowest BCUT2D eigenvalue weighted by Crippen LogP contribution is -2.32. The van der Waals surface area contributed by atoms with E-state index < -0.39 is 0 Å². The molecule has 1 aliphatic rings. The second-order valence-electron chi connectivity index (χ2n) is 6.82. The van der Waals surface area contributed by atoms with Gasteiger partial charge in [0.05, 0.1) is 18.2 Å². The van der Waals surface area contributed by atoms with E-state index in [0.29, 0.717) is 18.0 Å². The first-order chi connectivity index (χ1) is 13.1. The molecule has 0 spiro atoms. The summed E-state index contributed by atoms with van der Waals surface area (Å²) in [7, 11) is 0. The Bertz CT molecular complexity index is 969. The molecule has 5 heteroatoms. The molecule has 4 rings (SSSR count). The third-order valence-electron chi connectivity index (χ3n) is 4.73. The Hall–Kier alpha value is -3.21.